The maximum Gasteiger partial charge on any atom is 0.0913 e. The van der Waals surface area contributed by atoms with Gasteiger partial charge in [-0.25, -0.2) is 0 Å². The Morgan fingerprint density at radius 3 is 2.57 bits per heavy atom. The Bertz CT molecular complexity index is 316. The van der Waals surface area contributed by atoms with Crippen molar-refractivity contribution in [3.05, 3.63) is 35.9 Å². The fourth-order valence-corrected chi connectivity index (χ4v) is 0.979. The molecule has 0 spiro atoms. The third-order valence-electron chi connectivity index (χ3n) is 1.73. The smallest absolute Gasteiger partial charge is 0.0913 e. The van der Waals surface area contributed by atoms with Gasteiger partial charge in [0.1, 0.15) is 0 Å². The van der Waals surface area contributed by atoms with Gasteiger partial charge in [-0.2, -0.15) is 5.10 Å². The third kappa shape index (κ3) is 3.37. The summed E-state index contributed by atoms with van der Waals surface area (Å²) >= 11 is 0. The highest BCUT2D eigenvalue weighted by Crippen LogP contribution is 1.99. The highest BCUT2D eigenvalue weighted by atomic mass is 15.1. The van der Waals surface area contributed by atoms with E-state index in [1.54, 1.807) is 6.21 Å². The Labute approximate surface area is 83.3 Å². The van der Waals surface area contributed by atoms with E-state index in [0.29, 0.717) is 18.8 Å². The van der Waals surface area contributed by atoms with Crippen LogP contribution in [0, 0.1) is 0 Å². The molecule has 4 heteroatoms. The van der Waals surface area contributed by atoms with E-state index in [1.807, 2.05) is 30.3 Å². The van der Waals surface area contributed by atoms with Crippen LogP contribution in [0.5, 0.6) is 0 Å². The lowest BCUT2D eigenvalue weighted by atomic mass is 10.2. The van der Waals surface area contributed by atoms with E-state index in [9.17, 15) is 0 Å². The molecule has 0 unspecified atom stereocenters. The van der Waals surface area contributed by atoms with Crippen LogP contribution in [0.1, 0.15) is 5.56 Å². The summed E-state index contributed by atoms with van der Waals surface area (Å²) < 4.78 is 0. The van der Waals surface area contributed by atoms with Crippen molar-refractivity contribution in [3.63, 3.8) is 0 Å². The number of nitrogens with zero attached hydrogens (tertiary/aromatic N) is 2. The van der Waals surface area contributed by atoms with Crippen LogP contribution in [0.4, 0.5) is 0 Å². The highest BCUT2D eigenvalue weighted by molar-refractivity contribution is 6.31. The summed E-state index contributed by atoms with van der Waals surface area (Å²) in [5, 5.41) is 3.48. The molecule has 0 bridgehead atoms. The average molecular weight is 190 g/mol. The van der Waals surface area contributed by atoms with Gasteiger partial charge in [0.2, 0.25) is 0 Å². The van der Waals surface area contributed by atoms with Gasteiger partial charge in [0.25, 0.3) is 0 Å². The molecule has 4 N–H and O–H groups in total. The monoisotopic (exact) mass is 190 g/mol. The summed E-state index contributed by atoms with van der Waals surface area (Å²) in [6, 6.07) is 9.95. The Balaban J connectivity index is 2.49. The van der Waals surface area contributed by atoms with Crippen molar-refractivity contribution in [2.75, 3.05) is 6.54 Å². The van der Waals surface area contributed by atoms with Crippen LogP contribution in [-0.4, -0.2) is 18.5 Å². The van der Waals surface area contributed by atoms with Crippen LogP contribution >= 0.6 is 0 Å². The van der Waals surface area contributed by atoms with Crippen molar-refractivity contribution in [3.8, 4) is 0 Å². The molecule has 0 aliphatic rings. The maximum absolute atomic E-state index is 5.36. The van der Waals surface area contributed by atoms with E-state index in [4.69, 9.17) is 11.6 Å². The highest BCUT2D eigenvalue weighted by Gasteiger charge is 1.90. The Morgan fingerprint density at radius 2 is 2.00 bits per heavy atom. The molecule has 0 aliphatic carbocycles. The van der Waals surface area contributed by atoms with Crippen LogP contribution < -0.4 is 11.6 Å². The lowest BCUT2D eigenvalue weighted by Crippen LogP contribution is -2.16. The molecule has 0 fully saturated rings. The molecule has 14 heavy (non-hydrogen) atoms. The molecule has 0 heterocycles. The molecule has 0 radical (unpaired) electrons. The summed E-state index contributed by atoms with van der Waals surface area (Å²) in [5.74, 6) is 5.08. The van der Waals surface area contributed by atoms with Crippen LogP contribution in [-0.2, 0) is 6.54 Å². The number of rotatable bonds is 4. The van der Waals surface area contributed by atoms with Gasteiger partial charge in [-0.1, -0.05) is 30.3 Å². The van der Waals surface area contributed by atoms with Crippen LogP contribution in [0.3, 0.4) is 0 Å². The quantitative estimate of drug-likeness (QED) is 0.413. The largest absolute Gasteiger partial charge is 0.325 e. The molecule has 1 aromatic rings. The first kappa shape index (κ1) is 10.4. The number of benzene rings is 1. The SMILES string of the molecule is NCC(C=NCc1ccccc1)=NN. The van der Waals surface area contributed by atoms with Gasteiger partial charge in [0.05, 0.1) is 12.3 Å². The van der Waals surface area contributed by atoms with Crippen LogP contribution in [0.25, 0.3) is 0 Å². The number of hydrogen-bond acceptors (Lipinski definition) is 4. The Kier molecular flexibility index (Phi) is 4.37. The van der Waals surface area contributed by atoms with E-state index in [1.165, 1.54) is 0 Å². The lowest BCUT2D eigenvalue weighted by Gasteiger charge is -1.95. The van der Waals surface area contributed by atoms with Gasteiger partial charge in [0.15, 0.2) is 0 Å². The maximum atomic E-state index is 5.36. The molecular formula is C10H14N4. The predicted molar refractivity (Wildman–Crippen MR) is 59.3 cm³/mol. The zero-order valence-electron chi connectivity index (χ0n) is 7.93. The van der Waals surface area contributed by atoms with Gasteiger partial charge < -0.3 is 11.6 Å². The molecule has 74 valence electrons. The summed E-state index contributed by atoms with van der Waals surface area (Å²) in [7, 11) is 0. The van der Waals surface area contributed by atoms with Crippen molar-refractivity contribution in [1.82, 2.24) is 0 Å². The molecule has 0 atom stereocenters. The molecule has 4 nitrogen and oxygen atoms in total. The van der Waals surface area contributed by atoms with Gasteiger partial charge in [-0.05, 0) is 5.56 Å². The summed E-state index contributed by atoms with van der Waals surface area (Å²) in [6.45, 7) is 0.939. The third-order valence-corrected chi connectivity index (χ3v) is 1.73. The number of hydrogen-bond donors (Lipinski definition) is 2. The zero-order chi connectivity index (χ0) is 10.2. The first-order chi connectivity index (χ1) is 6.86. The molecule has 0 amide bonds. The molecular weight excluding hydrogens is 176 g/mol. The second-order valence-corrected chi connectivity index (χ2v) is 2.78. The van der Waals surface area contributed by atoms with Crippen molar-refractivity contribution < 1.29 is 0 Å². The molecule has 1 rings (SSSR count). The minimum Gasteiger partial charge on any atom is -0.325 e. The van der Waals surface area contributed by atoms with Crippen LogP contribution in [0.2, 0.25) is 0 Å². The van der Waals surface area contributed by atoms with E-state index in [2.05, 4.69) is 10.1 Å². The average Bonchev–Trinajstić information content (AvgIpc) is 2.26. The molecule has 0 saturated carbocycles. The number of aliphatic imine (C=N–C) groups is 1. The number of nitrogens with two attached hydrogens (primary N) is 2. The molecule has 0 aromatic heterocycles. The van der Waals surface area contributed by atoms with E-state index in [-0.39, 0.29) is 0 Å². The fourth-order valence-electron chi connectivity index (χ4n) is 0.979. The van der Waals surface area contributed by atoms with Gasteiger partial charge in [-0.3, -0.25) is 4.99 Å². The normalized spacial score (nSPS) is 12.2. The first-order valence-electron chi connectivity index (χ1n) is 4.37. The second kappa shape index (κ2) is 5.88. The van der Waals surface area contributed by atoms with Gasteiger partial charge in [0, 0.05) is 12.8 Å². The van der Waals surface area contributed by atoms with Crippen molar-refractivity contribution in [2.24, 2.45) is 21.7 Å². The summed E-state index contributed by atoms with van der Waals surface area (Å²) in [6.07, 6.45) is 1.60. The topological polar surface area (TPSA) is 76.8 Å². The standard InChI is InChI=1S/C10H14N4/c11-6-10(14-12)8-13-7-9-4-2-1-3-5-9/h1-5,8H,6-7,11-12H2. The van der Waals surface area contributed by atoms with E-state index >= 15 is 0 Å². The van der Waals surface area contributed by atoms with Crippen LogP contribution in [0.15, 0.2) is 40.4 Å². The number of hydrazone groups is 1. The molecule has 0 saturated heterocycles. The summed E-state index contributed by atoms with van der Waals surface area (Å²) in [4.78, 5) is 4.17. The van der Waals surface area contributed by atoms with Crippen molar-refractivity contribution in [2.45, 2.75) is 6.54 Å². The van der Waals surface area contributed by atoms with E-state index < -0.39 is 0 Å². The fraction of sp³-hybridized carbons (Fsp3) is 0.200. The van der Waals surface area contributed by atoms with Crippen molar-refractivity contribution in [1.29, 1.82) is 0 Å². The second-order valence-electron chi connectivity index (χ2n) is 2.78. The van der Waals surface area contributed by atoms with Gasteiger partial charge >= 0.3 is 0 Å². The Hall–Kier alpha value is -1.68. The minimum atomic E-state index is 0.314. The molecule has 1 aromatic carbocycles. The Morgan fingerprint density at radius 1 is 1.29 bits per heavy atom. The molecule has 0 aliphatic heterocycles. The predicted octanol–water partition coefficient (Wildman–Crippen LogP) is 0.531. The first-order valence-corrected chi connectivity index (χ1v) is 4.37. The summed E-state index contributed by atoms with van der Waals surface area (Å²) in [5.41, 5.74) is 7.11. The zero-order valence-corrected chi connectivity index (χ0v) is 7.93. The van der Waals surface area contributed by atoms with Crippen molar-refractivity contribution >= 4 is 11.9 Å². The lowest BCUT2D eigenvalue weighted by molar-refractivity contribution is 1.08. The van der Waals surface area contributed by atoms with E-state index in [0.717, 1.165) is 5.56 Å². The van der Waals surface area contributed by atoms with Gasteiger partial charge in [-0.15, -0.1) is 0 Å². The minimum absolute atomic E-state index is 0.314.